The highest BCUT2D eigenvalue weighted by Crippen LogP contribution is 2.41. The van der Waals surface area contributed by atoms with Crippen LogP contribution in [-0.2, 0) is 19.2 Å². The summed E-state index contributed by atoms with van der Waals surface area (Å²) in [6.07, 6.45) is -2.98. The number of aryl methyl sites for hydroxylation is 1. The van der Waals surface area contributed by atoms with E-state index in [9.17, 15) is 13.2 Å². The van der Waals surface area contributed by atoms with Crippen molar-refractivity contribution in [2.75, 3.05) is 0 Å². The molecule has 0 unspecified atom stereocenters. The largest absolute Gasteiger partial charge is 0.487 e. The normalized spacial score (nSPS) is 11.7. The van der Waals surface area contributed by atoms with Gasteiger partial charge in [0.15, 0.2) is 5.69 Å². The van der Waals surface area contributed by atoms with Gasteiger partial charge >= 0.3 is 6.18 Å². The Labute approximate surface area is 185 Å². The van der Waals surface area contributed by atoms with Gasteiger partial charge in [0.2, 0.25) is 0 Å². The van der Waals surface area contributed by atoms with E-state index in [-0.39, 0.29) is 22.9 Å². The standard InChI is InChI=1S/C20H15Cl3F3NOS/c1-2-3-11-6-9-15(17(23)16(11)22)28-10-14-18(12-4-7-13(21)8-5-12)29-27-19(14)20(24,25)26/h4-9H,2-3,10H2,1H3. The predicted octanol–water partition coefficient (Wildman–Crippen LogP) is 8.32. The minimum atomic E-state index is -4.60. The number of hydrogen-bond acceptors (Lipinski definition) is 3. The van der Waals surface area contributed by atoms with Gasteiger partial charge in [0, 0.05) is 10.6 Å². The van der Waals surface area contributed by atoms with E-state index >= 15 is 0 Å². The van der Waals surface area contributed by atoms with E-state index in [1.165, 1.54) is 0 Å². The second-order valence-corrected chi connectivity index (χ2v) is 8.20. The molecule has 3 rings (SSSR count). The minimum absolute atomic E-state index is 0.0605. The third-order valence-electron chi connectivity index (χ3n) is 4.18. The molecule has 3 aromatic rings. The molecule has 0 N–H and O–H groups in total. The summed E-state index contributed by atoms with van der Waals surface area (Å²) in [7, 11) is 0. The molecule has 29 heavy (non-hydrogen) atoms. The zero-order valence-corrected chi connectivity index (χ0v) is 18.2. The first-order valence-corrected chi connectivity index (χ1v) is 10.5. The molecule has 0 saturated carbocycles. The van der Waals surface area contributed by atoms with Gasteiger partial charge in [-0.25, -0.2) is 0 Å². The number of hydrogen-bond donors (Lipinski definition) is 0. The zero-order valence-electron chi connectivity index (χ0n) is 15.1. The van der Waals surface area contributed by atoms with Crippen molar-refractivity contribution >= 4 is 46.3 Å². The SMILES string of the molecule is CCCc1ccc(OCc2c(C(F)(F)F)nsc2-c2ccc(Cl)cc2)c(Cl)c1Cl. The van der Waals surface area contributed by atoms with Crippen LogP contribution in [0.3, 0.4) is 0 Å². The van der Waals surface area contributed by atoms with Gasteiger partial charge < -0.3 is 4.74 Å². The maximum Gasteiger partial charge on any atom is 0.434 e. The molecule has 154 valence electrons. The van der Waals surface area contributed by atoms with Crippen molar-refractivity contribution in [3.05, 3.63) is 68.3 Å². The Kier molecular flexibility index (Phi) is 6.99. The Morgan fingerprint density at radius 1 is 1.00 bits per heavy atom. The highest BCUT2D eigenvalue weighted by atomic mass is 35.5. The van der Waals surface area contributed by atoms with Crippen LogP contribution < -0.4 is 4.74 Å². The van der Waals surface area contributed by atoms with Crippen LogP contribution in [0.4, 0.5) is 13.2 Å². The van der Waals surface area contributed by atoms with E-state index in [0.717, 1.165) is 29.9 Å². The Morgan fingerprint density at radius 3 is 2.31 bits per heavy atom. The molecule has 0 fully saturated rings. The molecule has 1 aromatic heterocycles. The molecule has 0 saturated heterocycles. The number of aromatic nitrogens is 1. The maximum absolute atomic E-state index is 13.5. The summed E-state index contributed by atoms with van der Waals surface area (Å²) in [5.74, 6) is 0.220. The molecule has 2 nitrogen and oxygen atoms in total. The fraction of sp³-hybridized carbons (Fsp3) is 0.250. The Bertz CT molecular complexity index is 1000. The maximum atomic E-state index is 13.5. The minimum Gasteiger partial charge on any atom is -0.487 e. The van der Waals surface area contributed by atoms with E-state index in [0.29, 0.717) is 20.5 Å². The fourth-order valence-electron chi connectivity index (χ4n) is 2.79. The third kappa shape index (κ3) is 5.00. The zero-order chi connectivity index (χ0) is 21.2. The van der Waals surface area contributed by atoms with Gasteiger partial charge in [-0.1, -0.05) is 66.3 Å². The number of halogens is 6. The van der Waals surface area contributed by atoms with Gasteiger partial charge in [-0.3, -0.25) is 0 Å². The van der Waals surface area contributed by atoms with Crippen LogP contribution in [0.1, 0.15) is 30.2 Å². The van der Waals surface area contributed by atoms with Crippen molar-refractivity contribution in [1.82, 2.24) is 4.37 Å². The summed E-state index contributed by atoms with van der Waals surface area (Å²) in [6.45, 7) is 1.65. The van der Waals surface area contributed by atoms with Crippen LogP contribution in [0.25, 0.3) is 10.4 Å². The van der Waals surface area contributed by atoms with Crippen LogP contribution in [0.15, 0.2) is 36.4 Å². The van der Waals surface area contributed by atoms with Crippen molar-refractivity contribution in [3.63, 3.8) is 0 Å². The molecule has 2 aromatic carbocycles. The molecule has 0 aliphatic carbocycles. The van der Waals surface area contributed by atoms with Gasteiger partial charge in [0.1, 0.15) is 17.4 Å². The summed E-state index contributed by atoms with van der Waals surface area (Å²) in [4.78, 5) is 0.360. The lowest BCUT2D eigenvalue weighted by atomic mass is 10.1. The summed E-state index contributed by atoms with van der Waals surface area (Å²) in [5, 5.41) is 1.02. The number of rotatable bonds is 6. The lowest BCUT2D eigenvalue weighted by Crippen LogP contribution is -2.11. The molecule has 0 atom stereocenters. The van der Waals surface area contributed by atoms with E-state index in [1.807, 2.05) is 6.92 Å². The Morgan fingerprint density at radius 2 is 1.69 bits per heavy atom. The first kappa shape index (κ1) is 22.2. The highest BCUT2D eigenvalue weighted by Gasteiger charge is 2.38. The number of nitrogens with zero attached hydrogens (tertiary/aromatic N) is 1. The molecular formula is C20H15Cl3F3NOS. The van der Waals surface area contributed by atoms with Gasteiger partial charge in [-0.05, 0) is 47.3 Å². The van der Waals surface area contributed by atoms with Crippen molar-refractivity contribution in [1.29, 1.82) is 0 Å². The topological polar surface area (TPSA) is 22.1 Å². The van der Waals surface area contributed by atoms with Gasteiger partial charge in [-0.15, -0.1) is 0 Å². The average Bonchev–Trinajstić information content (AvgIpc) is 3.10. The summed E-state index contributed by atoms with van der Waals surface area (Å²) in [6, 6.07) is 9.89. The van der Waals surface area contributed by atoms with Crippen LogP contribution >= 0.6 is 46.3 Å². The molecule has 0 bridgehead atoms. The van der Waals surface area contributed by atoms with Crippen LogP contribution in [-0.4, -0.2) is 4.37 Å². The Balaban J connectivity index is 1.95. The number of ether oxygens (including phenoxy) is 1. The fourth-order valence-corrected chi connectivity index (χ4v) is 4.31. The molecule has 0 amide bonds. The van der Waals surface area contributed by atoms with E-state index in [1.54, 1.807) is 36.4 Å². The molecule has 1 heterocycles. The van der Waals surface area contributed by atoms with Gasteiger partial charge in [0.25, 0.3) is 0 Å². The quantitative estimate of drug-likeness (QED) is 0.354. The van der Waals surface area contributed by atoms with Gasteiger partial charge in [-0.2, -0.15) is 17.5 Å². The van der Waals surface area contributed by atoms with E-state index in [4.69, 9.17) is 39.5 Å². The lowest BCUT2D eigenvalue weighted by molar-refractivity contribution is -0.141. The third-order valence-corrected chi connectivity index (χ3v) is 6.28. The second kappa shape index (κ2) is 9.13. The first-order chi connectivity index (χ1) is 13.7. The number of alkyl halides is 3. The molecule has 9 heteroatoms. The second-order valence-electron chi connectivity index (χ2n) is 6.23. The summed E-state index contributed by atoms with van der Waals surface area (Å²) < 4.78 is 49.7. The summed E-state index contributed by atoms with van der Waals surface area (Å²) in [5.41, 5.74) is 0.400. The molecule has 0 radical (unpaired) electrons. The van der Waals surface area contributed by atoms with Crippen molar-refractivity contribution < 1.29 is 17.9 Å². The van der Waals surface area contributed by atoms with Gasteiger partial charge in [0.05, 0.1) is 9.90 Å². The molecule has 0 aliphatic heterocycles. The smallest absolute Gasteiger partial charge is 0.434 e. The van der Waals surface area contributed by atoms with Crippen molar-refractivity contribution in [2.24, 2.45) is 0 Å². The highest BCUT2D eigenvalue weighted by molar-refractivity contribution is 7.09. The monoisotopic (exact) mass is 479 g/mol. The predicted molar refractivity (Wildman–Crippen MR) is 112 cm³/mol. The lowest BCUT2D eigenvalue weighted by Gasteiger charge is -2.14. The van der Waals surface area contributed by atoms with Crippen LogP contribution in [0, 0.1) is 0 Å². The van der Waals surface area contributed by atoms with Crippen molar-refractivity contribution in [3.8, 4) is 16.2 Å². The average molecular weight is 481 g/mol. The van der Waals surface area contributed by atoms with E-state index in [2.05, 4.69) is 4.37 Å². The first-order valence-electron chi connectivity index (χ1n) is 8.63. The van der Waals surface area contributed by atoms with Crippen LogP contribution in [0.5, 0.6) is 5.75 Å². The summed E-state index contributed by atoms with van der Waals surface area (Å²) >= 11 is 19.2. The molecular weight excluding hydrogens is 466 g/mol. The molecule has 0 spiro atoms. The molecule has 0 aliphatic rings. The van der Waals surface area contributed by atoms with Crippen LogP contribution in [0.2, 0.25) is 15.1 Å². The Hall–Kier alpha value is -1.47. The van der Waals surface area contributed by atoms with E-state index < -0.39 is 11.9 Å². The number of benzene rings is 2. The van der Waals surface area contributed by atoms with Crippen molar-refractivity contribution in [2.45, 2.75) is 32.5 Å².